The van der Waals surface area contributed by atoms with E-state index in [2.05, 4.69) is 10.3 Å². The van der Waals surface area contributed by atoms with E-state index >= 15 is 0 Å². The minimum absolute atomic E-state index is 0.0827. The van der Waals surface area contributed by atoms with Crippen LogP contribution in [0, 0.1) is 5.82 Å². The van der Waals surface area contributed by atoms with E-state index in [0.717, 1.165) is 0 Å². The van der Waals surface area contributed by atoms with E-state index in [1.165, 1.54) is 16.8 Å². The Hall–Kier alpha value is -1.95. The minimum Gasteiger partial charge on any atom is -0.476 e. The van der Waals surface area contributed by atoms with E-state index in [1.54, 1.807) is 6.07 Å². The van der Waals surface area contributed by atoms with E-state index in [4.69, 9.17) is 11.6 Å². The highest BCUT2D eigenvalue weighted by atomic mass is 35.5. The van der Waals surface area contributed by atoms with Crippen molar-refractivity contribution in [3.63, 3.8) is 0 Å². The van der Waals surface area contributed by atoms with Crippen LogP contribution in [0.1, 0.15) is 42.5 Å². The lowest BCUT2D eigenvalue weighted by atomic mass is 9.90. The van der Waals surface area contributed by atoms with Crippen LogP contribution < -0.4 is 0 Å². The van der Waals surface area contributed by atoms with Crippen molar-refractivity contribution < 1.29 is 14.3 Å². The molecule has 0 saturated carbocycles. The molecule has 2 aromatic rings. The van der Waals surface area contributed by atoms with Gasteiger partial charge in [0.15, 0.2) is 5.69 Å². The van der Waals surface area contributed by atoms with Gasteiger partial charge in [-0.3, -0.25) is 0 Å². The number of carboxylic acid groups (broad SMARTS) is 1. The quantitative estimate of drug-likeness (QED) is 0.945. The molecule has 0 aliphatic carbocycles. The average molecular weight is 312 g/mol. The second-order valence-corrected chi connectivity index (χ2v) is 6.14. The fourth-order valence-corrected chi connectivity index (χ4v) is 2.35. The van der Waals surface area contributed by atoms with E-state index in [1.807, 2.05) is 20.8 Å². The molecule has 2 rings (SSSR count). The largest absolute Gasteiger partial charge is 0.476 e. The Kier molecular flexibility index (Phi) is 4.00. The monoisotopic (exact) mass is 311 g/mol. The Bertz CT molecular complexity index is 692. The number of aromatic nitrogens is 3. The zero-order valence-electron chi connectivity index (χ0n) is 11.9. The van der Waals surface area contributed by atoms with E-state index < -0.39 is 17.2 Å². The number of hydrogen-bond donors (Lipinski definition) is 1. The van der Waals surface area contributed by atoms with Gasteiger partial charge in [0.2, 0.25) is 0 Å². The summed E-state index contributed by atoms with van der Waals surface area (Å²) in [6.07, 6.45) is 0. The number of rotatable bonds is 3. The van der Waals surface area contributed by atoms with Crippen LogP contribution in [0.3, 0.4) is 0 Å². The fourth-order valence-electron chi connectivity index (χ4n) is 2.12. The van der Waals surface area contributed by atoms with E-state index in [9.17, 15) is 14.3 Å². The van der Waals surface area contributed by atoms with Crippen LogP contribution in [0.4, 0.5) is 4.39 Å². The number of halogens is 2. The average Bonchev–Trinajstić information content (AvgIpc) is 2.76. The minimum atomic E-state index is -1.13. The Morgan fingerprint density at radius 2 is 2.10 bits per heavy atom. The Labute approximate surface area is 126 Å². The summed E-state index contributed by atoms with van der Waals surface area (Å²) in [5.41, 5.74) is 0.602. The van der Waals surface area contributed by atoms with Gasteiger partial charge >= 0.3 is 5.97 Å². The molecular weight excluding hydrogens is 297 g/mol. The third kappa shape index (κ3) is 3.21. The first-order valence-corrected chi connectivity index (χ1v) is 6.69. The van der Waals surface area contributed by atoms with Crippen molar-refractivity contribution in [2.45, 2.75) is 32.7 Å². The summed E-state index contributed by atoms with van der Waals surface area (Å²) in [6, 6.07) is 4.06. The molecule has 21 heavy (non-hydrogen) atoms. The normalized spacial score (nSPS) is 11.7. The van der Waals surface area contributed by atoms with Gasteiger partial charge < -0.3 is 5.11 Å². The molecule has 1 aromatic carbocycles. The predicted molar refractivity (Wildman–Crippen MR) is 76.2 cm³/mol. The molecular formula is C14H15ClFN3O2. The van der Waals surface area contributed by atoms with Crippen LogP contribution in [0.2, 0.25) is 5.02 Å². The molecule has 0 aliphatic rings. The van der Waals surface area contributed by atoms with Crippen LogP contribution >= 0.6 is 11.6 Å². The maximum Gasteiger partial charge on any atom is 0.358 e. The maximum atomic E-state index is 13.1. The molecule has 0 spiro atoms. The van der Waals surface area contributed by atoms with Crippen LogP contribution in [-0.2, 0) is 12.0 Å². The molecule has 0 saturated heterocycles. The van der Waals surface area contributed by atoms with Gasteiger partial charge in [-0.25, -0.2) is 13.9 Å². The standard InChI is InChI=1S/C14H15ClFN3O2/c1-14(2,3)12-11(13(20)21)17-18-19(12)7-8-4-5-9(16)6-10(8)15/h4-6H,7H2,1-3H3,(H,20,21). The van der Waals surface area contributed by atoms with Gasteiger partial charge in [0.05, 0.1) is 12.2 Å². The first-order valence-electron chi connectivity index (χ1n) is 6.31. The summed E-state index contributed by atoms with van der Waals surface area (Å²) in [6.45, 7) is 5.86. The van der Waals surface area contributed by atoms with Gasteiger partial charge in [0.1, 0.15) is 5.82 Å². The van der Waals surface area contributed by atoms with Crippen LogP contribution in [0.5, 0.6) is 0 Å². The zero-order chi connectivity index (χ0) is 15.8. The molecule has 0 atom stereocenters. The number of carbonyl (C=O) groups is 1. The van der Waals surface area contributed by atoms with Crippen molar-refractivity contribution in [3.05, 3.63) is 46.0 Å². The van der Waals surface area contributed by atoms with Crippen molar-refractivity contribution in [3.8, 4) is 0 Å². The highest BCUT2D eigenvalue weighted by Gasteiger charge is 2.29. The molecule has 1 N–H and O–H groups in total. The van der Waals surface area contributed by atoms with E-state index in [-0.39, 0.29) is 17.3 Å². The van der Waals surface area contributed by atoms with Crippen molar-refractivity contribution >= 4 is 17.6 Å². The lowest BCUT2D eigenvalue weighted by molar-refractivity contribution is 0.0687. The third-order valence-corrected chi connectivity index (χ3v) is 3.34. The molecule has 1 heterocycles. The summed E-state index contributed by atoms with van der Waals surface area (Å²) < 4.78 is 14.6. The molecule has 0 radical (unpaired) electrons. The van der Waals surface area contributed by atoms with Gasteiger partial charge in [-0.15, -0.1) is 5.10 Å². The molecule has 5 nitrogen and oxygen atoms in total. The number of benzene rings is 1. The first kappa shape index (κ1) is 15.4. The number of carboxylic acids is 1. The molecule has 1 aromatic heterocycles. The van der Waals surface area contributed by atoms with Gasteiger partial charge in [0, 0.05) is 10.4 Å². The number of nitrogens with zero attached hydrogens (tertiary/aromatic N) is 3. The topological polar surface area (TPSA) is 68.0 Å². The van der Waals surface area contributed by atoms with Gasteiger partial charge in [-0.1, -0.05) is 43.7 Å². The summed E-state index contributed by atoms with van der Waals surface area (Å²) in [7, 11) is 0. The van der Waals surface area contributed by atoms with Crippen LogP contribution in [0.15, 0.2) is 18.2 Å². The lowest BCUT2D eigenvalue weighted by Gasteiger charge is -2.20. The summed E-state index contributed by atoms with van der Waals surface area (Å²) in [4.78, 5) is 11.3. The summed E-state index contributed by atoms with van der Waals surface area (Å²) in [5.74, 6) is -1.55. The Morgan fingerprint density at radius 1 is 1.43 bits per heavy atom. The lowest BCUT2D eigenvalue weighted by Crippen LogP contribution is -2.22. The SMILES string of the molecule is CC(C)(C)c1c(C(=O)O)nnn1Cc1ccc(F)cc1Cl. The zero-order valence-corrected chi connectivity index (χ0v) is 12.6. The van der Waals surface area contributed by atoms with Crippen molar-refractivity contribution in [2.24, 2.45) is 0 Å². The predicted octanol–water partition coefficient (Wildman–Crippen LogP) is 3.11. The smallest absolute Gasteiger partial charge is 0.358 e. The van der Waals surface area contributed by atoms with Crippen molar-refractivity contribution in [1.82, 2.24) is 15.0 Å². The number of aromatic carboxylic acids is 1. The molecule has 7 heteroatoms. The van der Waals surface area contributed by atoms with Crippen LogP contribution in [-0.4, -0.2) is 26.1 Å². The highest BCUT2D eigenvalue weighted by molar-refractivity contribution is 6.31. The highest BCUT2D eigenvalue weighted by Crippen LogP contribution is 2.26. The van der Waals surface area contributed by atoms with Gasteiger partial charge in [-0.2, -0.15) is 0 Å². The Balaban J connectivity index is 2.47. The van der Waals surface area contributed by atoms with Crippen LogP contribution in [0.25, 0.3) is 0 Å². The van der Waals surface area contributed by atoms with Crippen molar-refractivity contribution in [2.75, 3.05) is 0 Å². The fraction of sp³-hybridized carbons (Fsp3) is 0.357. The number of hydrogen-bond acceptors (Lipinski definition) is 3. The van der Waals surface area contributed by atoms with Crippen molar-refractivity contribution in [1.29, 1.82) is 0 Å². The third-order valence-electron chi connectivity index (χ3n) is 2.98. The molecule has 0 aliphatic heterocycles. The summed E-state index contributed by atoms with van der Waals surface area (Å²) >= 11 is 6.00. The summed E-state index contributed by atoms with van der Waals surface area (Å²) in [5, 5.41) is 17.1. The maximum absolute atomic E-state index is 13.1. The molecule has 0 amide bonds. The molecule has 0 bridgehead atoms. The molecule has 0 fully saturated rings. The first-order chi connectivity index (χ1) is 9.70. The van der Waals surface area contributed by atoms with E-state index in [0.29, 0.717) is 11.3 Å². The second-order valence-electron chi connectivity index (χ2n) is 5.74. The van der Waals surface area contributed by atoms with Gasteiger partial charge in [-0.05, 0) is 17.7 Å². The molecule has 112 valence electrons. The molecule has 0 unspecified atom stereocenters. The Morgan fingerprint density at radius 3 is 2.62 bits per heavy atom. The van der Waals surface area contributed by atoms with Gasteiger partial charge in [0.25, 0.3) is 0 Å². The second kappa shape index (κ2) is 5.44.